The van der Waals surface area contributed by atoms with Crippen LogP contribution in [0.3, 0.4) is 0 Å². The average Bonchev–Trinajstić information content (AvgIpc) is 2.57. The van der Waals surface area contributed by atoms with E-state index in [1.807, 2.05) is 0 Å². The summed E-state index contributed by atoms with van der Waals surface area (Å²) in [6.45, 7) is 0. The Bertz CT molecular complexity index is 613. The third kappa shape index (κ3) is 2.88. The number of H-pyrrole nitrogens is 1. The highest BCUT2D eigenvalue weighted by atomic mass is 19.4. The number of rotatable bonds is 1. The summed E-state index contributed by atoms with van der Waals surface area (Å²) < 4.78 is 89.6. The number of nitrogens with zero attached hydrogens (tertiary/aromatic N) is 1. The van der Waals surface area contributed by atoms with Crippen LogP contribution >= 0.6 is 0 Å². The van der Waals surface area contributed by atoms with Gasteiger partial charge in [-0.1, -0.05) is 0 Å². The molecule has 0 fully saturated rings. The Morgan fingerprint density at radius 3 is 2.21 bits per heavy atom. The fraction of sp³-hybridized carbons (Fsp3) is 0.222. The van der Waals surface area contributed by atoms with Crippen molar-refractivity contribution in [3.05, 3.63) is 23.8 Å². The molecule has 3 nitrogen and oxygen atoms in total. The third-order valence-electron chi connectivity index (χ3n) is 2.01. The summed E-state index contributed by atoms with van der Waals surface area (Å²) >= 11 is 0. The van der Waals surface area contributed by atoms with E-state index in [1.54, 1.807) is 4.98 Å². The molecule has 2 rings (SSSR count). The lowest BCUT2D eigenvalue weighted by atomic mass is 10.3. The van der Waals surface area contributed by atoms with E-state index in [0.29, 0.717) is 12.1 Å². The molecule has 0 bridgehead atoms. The Kier molecular flexibility index (Phi) is 2.83. The number of nitrogens with one attached hydrogen (secondary N) is 1. The molecule has 0 saturated carbocycles. The van der Waals surface area contributed by atoms with Crippen LogP contribution in [-0.2, 0) is 6.18 Å². The van der Waals surface area contributed by atoms with Gasteiger partial charge in [-0.3, -0.25) is 0 Å². The van der Waals surface area contributed by atoms with Crippen molar-refractivity contribution in [3.8, 4) is 5.75 Å². The standard InChI is InChI=1S/C9H3F7N2O/c10-3-1-4-6(5(2-3)19-9(14,15)16)18-7(17-4)8(11,12)13/h1-2H,(H,17,18). The molecule has 1 aromatic heterocycles. The van der Waals surface area contributed by atoms with Crippen LogP contribution in [0.5, 0.6) is 5.75 Å². The normalized spacial score (nSPS) is 13.0. The van der Waals surface area contributed by atoms with Crippen LogP contribution in [0.15, 0.2) is 12.1 Å². The lowest BCUT2D eigenvalue weighted by Gasteiger charge is -2.08. The Morgan fingerprint density at radius 1 is 1.05 bits per heavy atom. The fourth-order valence-corrected chi connectivity index (χ4v) is 1.39. The predicted molar refractivity (Wildman–Crippen MR) is 47.7 cm³/mol. The molecule has 1 N–H and O–H groups in total. The van der Waals surface area contributed by atoms with E-state index in [0.717, 1.165) is 0 Å². The summed E-state index contributed by atoms with van der Waals surface area (Å²) in [4.78, 5) is 4.62. The molecular weight excluding hydrogens is 285 g/mol. The van der Waals surface area contributed by atoms with Gasteiger partial charge in [0.05, 0.1) is 5.52 Å². The molecule has 2 aromatic rings. The number of aromatic nitrogens is 2. The zero-order chi connectivity index (χ0) is 14.4. The van der Waals surface area contributed by atoms with Gasteiger partial charge in [0.1, 0.15) is 11.3 Å². The SMILES string of the molecule is Fc1cc(OC(F)(F)F)c2nc(C(F)(F)F)[nH]c2c1. The van der Waals surface area contributed by atoms with Gasteiger partial charge in [0.15, 0.2) is 5.75 Å². The van der Waals surface area contributed by atoms with E-state index in [2.05, 4.69) is 9.72 Å². The quantitative estimate of drug-likeness (QED) is 0.814. The van der Waals surface area contributed by atoms with Gasteiger partial charge in [-0.05, 0) is 6.07 Å². The maximum Gasteiger partial charge on any atom is 0.573 e. The van der Waals surface area contributed by atoms with Crippen molar-refractivity contribution in [1.29, 1.82) is 0 Å². The van der Waals surface area contributed by atoms with Gasteiger partial charge < -0.3 is 9.72 Å². The number of hydrogen-bond acceptors (Lipinski definition) is 2. The van der Waals surface area contributed by atoms with E-state index in [9.17, 15) is 30.7 Å². The molecule has 1 aromatic carbocycles. The topological polar surface area (TPSA) is 37.9 Å². The highest BCUT2D eigenvalue weighted by molar-refractivity contribution is 5.82. The van der Waals surface area contributed by atoms with Crippen molar-refractivity contribution in [2.45, 2.75) is 12.5 Å². The summed E-state index contributed by atoms with van der Waals surface area (Å²) in [5.41, 5.74) is -1.31. The summed E-state index contributed by atoms with van der Waals surface area (Å²) in [6, 6.07) is 0.887. The van der Waals surface area contributed by atoms with Gasteiger partial charge in [0.2, 0.25) is 5.82 Å². The monoisotopic (exact) mass is 288 g/mol. The molecule has 0 amide bonds. The molecule has 0 aliphatic carbocycles. The summed E-state index contributed by atoms with van der Waals surface area (Å²) in [5, 5.41) is 0. The van der Waals surface area contributed by atoms with E-state index in [-0.39, 0.29) is 0 Å². The maximum atomic E-state index is 13.0. The Balaban J connectivity index is 2.60. The van der Waals surface area contributed by atoms with Gasteiger partial charge in [-0.25, -0.2) is 9.37 Å². The lowest BCUT2D eigenvalue weighted by molar-refractivity contribution is -0.274. The van der Waals surface area contributed by atoms with Gasteiger partial charge in [0, 0.05) is 6.07 Å². The molecule has 0 radical (unpaired) electrons. The largest absolute Gasteiger partial charge is 0.573 e. The fourth-order valence-electron chi connectivity index (χ4n) is 1.39. The molecule has 0 aliphatic rings. The minimum Gasteiger partial charge on any atom is -0.403 e. The minimum atomic E-state index is -5.17. The number of alkyl halides is 6. The van der Waals surface area contributed by atoms with E-state index in [4.69, 9.17) is 0 Å². The summed E-state index contributed by atoms with van der Waals surface area (Å²) in [5.74, 6) is -3.88. The Morgan fingerprint density at radius 2 is 1.68 bits per heavy atom. The number of fused-ring (bicyclic) bond motifs is 1. The van der Waals surface area contributed by atoms with Crippen LogP contribution in [0.2, 0.25) is 0 Å². The first-order valence-electron chi connectivity index (χ1n) is 4.58. The Hall–Kier alpha value is -2.00. The zero-order valence-corrected chi connectivity index (χ0v) is 8.66. The zero-order valence-electron chi connectivity index (χ0n) is 8.66. The predicted octanol–water partition coefficient (Wildman–Crippen LogP) is 3.62. The van der Waals surface area contributed by atoms with Crippen LogP contribution in [0.4, 0.5) is 30.7 Å². The van der Waals surface area contributed by atoms with E-state index in [1.165, 1.54) is 0 Å². The van der Waals surface area contributed by atoms with Gasteiger partial charge in [0.25, 0.3) is 0 Å². The molecule has 0 aliphatic heterocycles. The van der Waals surface area contributed by atoms with Crippen molar-refractivity contribution < 1.29 is 35.5 Å². The minimum absolute atomic E-state index is 0.302. The van der Waals surface area contributed by atoms with Crippen LogP contribution in [0.25, 0.3) is 11.0 Å². The highest BCUT2D eigenvalue weighted by Crippen LogP contribution is 2.34. The smallest absolute Gasteiger partial charge is 0.403 e. The number of halogens is 7. The summed E-state index contributed by atoms with van der Waals surface area (Å²) in [7, 11) is 0. The second-order valence-corrected chi connectivity index (χ2v) is 3.43. The first-order chi connectivity index (χ1) is 8.56. The molecule has 104 valence electrons. The van der Waals surface area contributed by atoms with Crippen molar-refractivity contribution in [1.82, 2.24) is 9.97 Å². The maximum absolute atomic E-state index is 13.0. The first-order valence-corrected chi connectivity index (χ1v) is 4.58. The Labute approximate surface area is 99.5 Å². The molecule has 0 spiro atoms. The summed E-state index contributed by atoms with van der Waals surface area (Å²) in [6.07, 6.45) is -10.1. The van der Waals surface area contributed by atoms with Gasteiger partial charge in [-0.2, -0.15) is 13.2 Å². The van der Waals surface area contributed by atoms with Crippen molar-refractivity contribution in [3.63, 3.8) is 0 Å². The van der Waals surface area contributed by atoms with Crippen LogP contribution in [0, 0.1) is 5.82 Å². The second kappa shape index (κ2) is 4.00. The molecule has 1 heterocycles. The lowest BCUT2D eigenvalue weighted by Crippen LogP contribution is -2.17. The van der Waals surface area contributed by atoms with Crippen molar-refractivity contribution in [2.75, 3.05) is 0 Å². The van der Waals surface area contributed by atoms with Crippen LogP contribution < -0.4 is 4.74 Å². The molecular formula is C9H3F7N2O. The van der Waals surface area contributed by atoms with Gasteiger partial charge in [-0.15, -0.1) is 13.2 Å². The van der Waals surface area contributed by atoms with E-state index >= 15 is 0 Å². The number of aromatic amines is 1. The van der Waals surface area contributed by atoms with Crippen molar-refractivity contribution in [2.24, 2.45) is 0 Å². The highest BCUT2D eigenvalue weighted by Gasteiger charge is 2.37. The van der Waals surface area contributed by atoms with Crippen molar-refractivity contribution >= 4 is 11.0 Å². The molecule has 0 saturated heterocycles. The molecule has 10 heteroatoms. The van der Waals surface area contributed by atoms with Crippen LogP contribution in [0.1, 0.15) is 5.82 Å². The molecule has 0 unspecified atom stereocenters. The number of benzene rings is 1. The first kappa shape index (κ1) is 13.4. The number of hydrogen-bond donors (Lipinski definition) is 1. The molecule has 19 heavy (non-hydrogen) atoms. The van der Waals surface area contributed by atoms with E-state index < -0.39 is 41.0 Å². The second-order valence-electron chi connectivity index (χ2n) is 3.43. The van der Waals surface area contributed by atoms with Gasteiger partial charge >= 0.3 is 12.5 Å². The average molecular weight is 288 g/mol. The number of imidazole rings is 1. The number of ether oxygens (including phenoxy) is 1. The van der Waals surface area contributed by atoms with Crippen LogP contribution in [-0.4, -0.2) is 16.3 Å². The third-order valence-corrected chi connectivity index (χ3v) is 2.01. The molecule has 0 atom stereocenters.